The Hall–Kier alpha value is -1.52. The summed E-state index contributed by atoms with van der Waals surface area (Å²) < 4.78 is 4.53. The number of carbonyl (C=O) groups is 1. The molecule has 14 heavy (non-hydrogen) atoms. The van der Waals surface area contributed by atoms with Crippen molar-refractivity contribution in [3.8, 4) is 0 Å². The van der Waals surface area contributed by atoms with Crippen molar-refractivity contribution >= 4 is 17.3 Å². The normalized spacial score (nSPS) is 9.21. The van der Waals surface area contributed by atoms with Crippen LogP contribution in [0.3, 0.4) is 0 Å². The number of methoxy groups -OCH3 is 1. The molecule has 0 saturated carbocycles. The minimum atomic E-state index is -0.262. The standard InChI is InChI=1S/C8H9N3O2S/c1-13-8(12)3-7-2-6(5-14-7)4-10-11-9/h2,5H,3-4H2,1H3. The Labute approximate surface area is 84.9 Å². The summed E-state index contributed by atoms with van der Waals surface area (Å²) in [5.41, 5.74) is 9.03. The predicted molar refractivity (Wildman–Crippen MR) is 52.9 cm³/mol. The Kier molecular flexibility index (Phi) is 3.97. The second-order valence-electron chi connectivity index (χ2n) is 2.56. The molecule has 0 amide bonds. The summed E-state index contributed by atoms with van der Waals surface area (Å²) in [6.07, 6.45) is 0.275. The zero-order chi connectivity index (χ0) is 10.4. The van der Waals surface area contributed by atoms with E-state index in [0.717, 1.165) is 10.4 Å². The van der Waals surface area contributed by atoms with Crippen LogP contribution in [0.1, 0.15) is 10.4 Å². The largest absolute Gasteiger partial charge is 0.469 e. The lowest BCUT2D eigenvalue weighted by molar-refractivity contribution is -0.139. The van der Waals surface area contributed by atoms with Gasteiger partial charge in [0.1, 0.15) is 0 Å². The Balaban J connectivity index is 2.58. The fraction of sp³-hybridized carbons (Fsp3) is 0.375. The van der Waals surface area contributed by atoms with E-state index in [9.17, 15) is 4.79 Å². The summed E-state index contributed by atoms with van der Waals surface area (Å²) in [6, 6.07) is 1.84. The average Bonchev–Trinajstić information content (AvgIpc) is 2.62. The van der Waals surface area contributed by atoms with Crippen LogP contribution < -0.4 is 0 Å². The Bertz CT molecular complexity index is 368. The maximum atomic E-state index is 10.9. The van der Waals surface area contributed by atoms with Gasteiger partial charge in [-0.1, -0.05) is 5.11 Å². The van der Waals surface area contributed by atoms with Crippen molar-refractivity contribution in [2.45, 2.75) is 13.0 Å². The number of rotatable bonds is 4. The monoisotopic (exact) mass is 211 g/mol. The van der Waals surface area contributed by atoms with Crippen LogP contribution in [0.4, 0.5) is 0 Å². The average molecular weight is 211 g/mol. The minimum Gasteiger partial charge on any atom is -0.469 e. The van der Waals surface area contributed by atoms with E-state index in [2.05, 4.69) is 14.8 Å². The van der Waals surface area contributed by atoms with Gasteiger partial charge in [0, 0.05) is 9.79 Å². The Morgan fingerprint density at radius 2 is 2.57 bits per heavy atom. The van der Waals surface area contributed by atoms with Gasteiger partial charge in [-0.25, -0.2) is 0 Å². The van der Waals surface area contributed by atoms with E-state index in [1.807, 2.05) is 11.4 Å². The van der Waals surface area contributed by atoms with Gasteiger partial charge in [0.15, 0.2) is 0 Å². The van der Waals surface area contributed by atoms with Crippen molar-refractivity contribution in [2.75, 3.05) is 7.11 Å². The minimum absolute atomic E-state index is 0.262. The van der Waals surface area contributed by atoms with Gasteiger partial charge in [-0.2, -0.15) is 0 Å². The van der Waals surface area contributed by atoms with Gasteiger partial charge < -0.3 is 4.74 Å². The van der Waals surface area contributed by atoms with E-state index >= 15 is 0 Å². The predicted octanol–water partition coefficient (Wildman–Crippen LogP) is 2.27. The molecule has 0 unspecified atom stereocenters. The van der Waals surface area contributed by atoms with Gasteiger partial charge in [0.25, 0.3) is 0 Å². The summed E-state index contributed by atoms with van der Waals surface area (Å²) >= 11 is 1.46. The third-order valence-electron chi connectivity index (χ3n) is 1.57. The van der Waals surface area contributed by atoms with E-state index < -0.39 is 0 Å². The molecule has 0 saturated heterocycles. The Morgan fingerprint density at radius 1 is 1.79 bits per heavy atom. The third-order valence-corrected chi connectivity index (χ3v) is 2.56. The van der Waals surface area contributed by atoms with Gasteiger partial charge in [-0.15, -0.1) is 11.3 Å². The lowest BCUT2D eigenvalue weighted by atomic mass is 10.3. The summed E-state index contributed by atoms with van der Waals surface area (Å²) in [7, 11) is 1.36. The quantitative estimate of drug-likeness (QED) is 0.331. The van der Waals surface area contributed by atoms with E-state index in [0.29, 0.717) is 6.54 Å². The molecule has 1 heterocycles. The highest BCUT2D eigenvalue weighted by Crippen LogP contribution is 2.16. The molecule has 0 aromatic carbocycles. The molecule has 5 nitrogen and oxygen atoms in total. The summed E-state index contributed by atoms with van der Waals surface area (Å²) in [6.45, 7) is 0.328. The fourth-order valence-electron chi connectivity index (χ4n) is 0.930. The second kappa shape index (κ2) is 5.26. The van der Waals surface area contributed by atoms with Gasteiger partial charge in [-0.3, -0.25) is 4.79 Å². The molecule has 0 fully saturated rings. The molecule has 74 valence electrons. The van der Waals surface area contributed by atoms with Gasteiger partial charge >= 0.3 is 5.97 Å². The highest BCUT2D eigenvalue weighted by atomic mass is 32.1. The highest BCUT2D eigenvalue weighted by molar-refractivity contribution is 7.10. The van der Waals surface area contributed by atoms with E-state index in [1.54, 1.807) is 0 Å². The lowest BCUT2D eigenvalue weighted by Crippen LogP contribution is -2.02. The van der Waals surface area contributed by atoms with Crippen LogP contribution in [0.5, 0.6) is 0 Å². The van der Waals surface area contributed by atoms with Crippen LogP contribution in [-0.4, -0.2) is 13.1 Å². The molecule has 1 aromatic rings. The number of hydrogen-bond donors (Lipinski definition) is 0. The molecular formula is C8H9N3O2S. The van der Waals surface area contributed by atoms with Crippen molar-refractivity contribution in [1.29, 1.82) is 0 Å². The smallest absolute Gasteiger partial charge is 0.310 e. The zero-order valence-corrected chi connectivity index (χ0v) is 8.45. The van der Waals surface area contributed by atoms with Crippen LogP contribution in [-0.2, 0) is 22.5 Å². The molecular weight excluding hydrogens is 202 g/mol. The lowest BCUT2D eigenvalue weighted by Gasteiger charge is -1.94. The van der Waals surface area contributed by atoms with E-state index in [4.69, 9.17) is 5.53 Å². The topological polar surface area (TPSA) is 75.1 Å². The summed E-state index contributed by atoms with van der Waals surface area (Å²) in [5, 5.41) is 5.29. The molecule has 1 rings (SSSR count). The molecule has 0 bridgehead atoms. The van der Waals surface area contributed by atoms with Crippen LogP contribution in [0.25, 0.3) is 10.4 Å². The highest BCUT2D eigenvalue weighted by Gasteiger charge is 2.05. The van der Waals surface area contributed by atoms with E-state index in [-0.39, 0.29) is 12.4 Å². The number of ether oxygens (including phenoxy) is 1. The second-order valence-corrected chi connectivity index (χ2v) is 3.56. The van der Waals surface area contributed by atoms with Crippen LogP contribution >= 0.6 is 11.3 Å². The first-order valence-corrected chi connectivity index (χ1v) is 4.78. The van der Waals surface area contributed by atoms with Gasteiger partial charge in [0.05, 0.1) is 20.1 Å². The molecule has 0 aliphatic rings. The number of nitrogens with zero attached hydrogens (tertiary/aromatic N) is 3. The van der Waals surface area contributed by atoms with Crippen molar-refractivity contribution in [1.82, 2.24) is 0 Å². The summed E-state index contributed by atoms with van der Waals surface area (Å²) in [5.74, 6) is -0.262. The fourth-order valence-corrected chi connectivity index (χ4v) is 1.80. The summed E-state index contributed by atoms with van der Waals surface area (Å²) in [4.78, 5) is 14.5. The molecule has 0 aliphatic heterocycles. The van der Waals surface area contributed by atoms with Crippen molar-refractivity contribution < 1.29 is 9.53 Å². The van der Waals surface area contributed by atoms with Gasteiger partial charge in [-0.05, 0) is 22.5 Å². The molecule has 0 spiro atoms. The Morgan fingerprint density at radius 3 is 3.21 bits per heavy atom. The van der Waals surface area contributed by atoms with Crippen LogP contribution in [0, 0.1) is 0 Å². The maximum absolute atomic E-state index is 10.9. The zero-order valence-electron chi connectivity index (χ0n) is 7.64. The maximum Gasteiger partial charge on any atom is 0.310 e. The SMILES string of the molecule is COC(=O)Cc1cc(CN=[N+]=[N-])cs1. The van der Waals surface area contributed by atoms with E-state index in [1.165, 1.54) is 18.4 Å². The van der Waals surface area contributed by atoms with Crippen LogP contribution in [0.2, 0.25) is 0 Å². The molecule has 0 radical (unpaired) electrons. The van der Waals surface area contributed by atoms with Gasteiger partial charge in [0.2, 0.25) is 0 Å². The van der Waals surface area contributed by atoms with Crippen molar-refractivity contribution in [3.05, 3.63) is 32.3 Å². The number of esters is 1. The van der Waals surface area contributed by atoms with Crippen LogP contribution in [0.15, 0.2) is 16.6 Å². The number of thiophene rings is 1. The molecule has 0 aliphatic carbocycles. The molecule has 0 atom stereocenters. The number of hydrogen-bond acceptors (Lipinski definition) is 4. The number of carbonyl (C=O) groups excluding carboxylic acids is 1. The first kappa shape index (κ1) is 10.6. The molecule has 6 heteroatoms. The number of azide groups is 1. The first-order valence-electron chi connectivity index (χ1n) is 3.90. The molecule has 1 aromatic heterocycles. The van der Waals surface area contributed by atoms with Crippen molar-refractivity contribution in [2.24, 2.45) is 5.11 Å². The first-order chi connectivity index (χ1) is 6.76. The van der Waals surface area contributed by atoms with Crippen molar-refractivity contribution in [3.63, 3.8) is 0 Å². The third kappa shape index (κ3) is 3.08. The molecule has 0 N–H and O–H groups in total.